The van der Waals surface area contributed by atoms with Gasteiger partial charge in [-0.3, -0.25) is 14.8 Å². The van der Waals surface area contributed by atoms with E-state index in [0.717, 1.165) is 34.4 Å². The number of esters is 1. The standard InChI is InChI=1S/C26H30N4O3/c1-15(2)11-22-21(12-27)24(18-7-5-16(3)6-8-18)23(17(4)30-22)26(32)33-14-20-10-9-19(13-29-20)25(28)31/h5-10,13,15H,11-12,14,27H2,1-4H3,(H2,28,31). The summed E-state index contributed by atoms with van der Waals surface area (Å²) in [6.45, 7) is 8.30. The molecule has 0 spiro atoms. The average molecular weight is 447 g/mol. The zero-order valence-corrected chi connectivity index (χ0v) is 19.5. The number of benzene rings is 1. The molecule has 2 heterocycles. The molecule has 4 N–H and O–H groups in total. The molecule has 7 nitrogen and oxygen atoms in total. The molecular formula is C26H30N4O3. The van der Waals surface area contributed by atoms with E-state index in [1.54, 1.807) is 12.1 Å². The van der Waals surface area contributed by atoms with Gasteiger partial charge < -0.3 is 16.2 Å². The number of ether oxygens (including phenoxy) is 1. The number of carbonyl (C=O) groups excluding carboxylic acids is 2. The smallest absolute Gasteiger partial charge is 0.341 e. The van der Waals surface area contributed by atoms with Crippen molar-refractivity contribution in [3.8, 4) is 11.1 Å². The highest BCUT2D eigenvalue weighted by atomic mass is 16.5. The summed E-state index contributed by atoms with van der Waals surface area (Å²) in [5, 5.41) is 0. The summed E-state index contributed by atoms with van der Waals surface area (Å²) >= 11 is 0. The SMILES string of the molecule is Cc1ccc(-c2c(CN)c(CC(C)C)nc(C)c2C(=O)OCc2ccc(C(N)=O)cn2)cc1. The van der Waals surface area contributed by atoms with E-state index in [-0.39, 0.29) is 13.2 Å². The van der Waals surface area contributed by atoms with Crippen molar-refractivity contribution >= 4 is 11.9 Å². The third kappa shape index (κ3) is 5.62. The number of amides is 1. The van der Waals surface area contributed by atoms with Gasteiger partial charge in [0.1, 0.15) is 6.61 Å². The molecule has 0 aliphatic rings. The van der Waals surface area contributed by atoms with E-state index in [4.69, 9.17) is 21.2 Å². The van der Waals surface area contributed by atoms with Gasteiger partial charge in [0.05, 0.1) is 22.5 Å². The molecule has 0 atom stereocenters. The van der Waals surface area contributed by atoms with Gasteiger partial charge in [0.15, 0.2) is 0 Å². The first kappa shape index (κ1) is 24.1. The minimum atomic E-state index is -0.564. The third-order valence-electron chi connectivity index (χ3n) is 5.38. The van der Waals surface area contributed by atoms with Gasteiger partial charge in [0, 0.05) is 24.0 Å². The maximum absolute atomic E-state index is 13.3. The lowest BCUT2D eigenvalue weighted by Crippen LogP contribution is -2.17. The maximum Gasteiger partial charge on any atom is 0.341 e. The number of aryl methyl sites for hydroxylation is 2. The van der Waals surface area contributed by atoms with Gasteiger partial charge in [-0.1, -0.05) is 43.7 Å². The average Bonchev–Trinajstić information content (AvgIpc) is 2.77. The molecule has 0 saturated carbocycles. The molecule has 0 saturated heterocycles. The number of nitrogens with two attached hydrogens (primary N) is 2. The number of carbonyl (C=O) groups is 2. The van der Waals surface area contributed by atoms with E-state index in [1.807, 2.05) is 38.1 Å². The van der Waals surface area contributed by atoms with E-state index >= 15 is 0 Å². The Morgan fingerprint density at radius 2 is 1.76 bits per heavy atom. The monoisotopic (exact) mass is 446 g/mol. The summed E-state index contributed by atoms with van der Waals surface area (Å²) in [7, 11) is 0. The molecule has 3 aromatic rings. The molecule has 1 amide bonds. The predicted molar refractivity (Wildman–Crippen MR) is 127 cm³/mol. The lowest BCUT2D eigenvalue weighted by atomic mass is 9.90. The number of aromatic nitrogens is 2. The first-order valence-corrected chi connectivity index (χ1v) is 10.9. The van der Waals surface area contributed by atoms with Gasteiger partial charge in [-0.05, 0) is 49.4 Å². The normalized spacial score (nSPS) is 11.0. The Labute approximate surface area is 194 Å². The van der Waals surface area contributed by atoms with Crippen LogP contribution in [-0.2, 0) is 24.3 Å². The molecule has 172 valence electrons. The zero-order valence-electron chi connectivity index (χ0n) is 19.5. The minimum absolute atomic E-state index is 0.0453. The number of pyridine rings is 2. The molecule has 0 fully saturated rings. The minimum Gasteiger partial charge on any atom is -0.456 e. The fourth-order valence-electron chi connectivity index (χ4n) is 3.73. The molecule has 0 unspecified atom stereocenters. The first-order valence-electron chi connectivity index (χ1n) is 10.9. The van der Waals surface area contributed by atoms with Crippen LogP contribution in [0.5, 0.6) is 0 Å². The maximum atomic E-state index is 13.3. The fraction of sp³-hybridized carbons (Fsp3) is 0.308. The van der Waals surface area contributed by atoms with Crippen LogP contribution in [0.25, 0.3) is 11.1 Å². The number of nitrogens with zero attached hydrogens (tertiary/aromatic N) is 2. The second-order valence-corrected chi connectivity index (χ2v) is 8.52. The van der Waals surface area contributed by atoms with Crippen molar-refractivity contribution in [3.05, 3.63) is 81.9 Å². The summed E-state index contributed by atoms with van der Waals surface area (Å²) in [5.41, 5.74) is 17.8. The van der Waals surface area contributed by atoms with Gasteiger partial charge in [-0.15, -0.1) is 0 Å². The van der Waals surface area contributed by atoms with Crippen LogP contribution in [0.3, 0.4) is 0 Å². The van der Waals surface area contributed by atoms with Gasteiger partial charge in [-0.25, -0.2) is 4.79 Å². The van der Waals surface area contributed by atoms with E-state index in [0.29, 0.717) is 28.4 Å². The molecule has 33 heavy (non-hydrogen) atoms. The molecule has 3 rings (SSSR count). The van der Waals surface area contributed by atoms with Crippen LogP contribution in [0.15, 0.2) is 42.6 Å². The number of hydrogen-bond donors (Lipinski definition) is 2. The second-order valence-electron chi connectivity index (χ2n) is 8.52. The summed E-state index contributed by atoms with van der Waals surface area (Å²) < 4.78 is 5.60. The highest BCUT2D eigenvalue weighted by molar-refractivity contribution is 5.99. The first-order chi connectivity index (χ1) is 15.7. The van der Waals surface area contributed by atoms with Crippen molar-refractivity contribution in [3.63, 3.8) is 0 Å². The number of rotatable bonds is 8. The molecule has 7 heteroatoms. The van der Waals surface area contributed by atoms with Crippen molar-refractivity contribution in [2.75, 3.05) is 0 Å². The Kier molecular flexibility index (Phi) is 7.55. The van der Waals surface area contributed by atoms with Crippen LogP contribution in [0.4, 0.5) is 0 Å². The molecule has 1 aromatic carbocycles. The highest BCUT2D eigenvalue weighted by Gasteiger charge is 2.24. The van der Waals surface area contributed by atoms with Crippen LogP contribution >= 0.6 is 0 Å². The van der Waals surface area contributed by atoms with Crippen molar-refractivity contribution < 1.29 is 14.3 Å². The Balaban J connectivity index is 2.02. The van der Waals surface area contributed by atoms with Crippen molar-refractivity contribution in [2.45, 2.75) is 47.3 Å². The molecule has 0 aliphatic heterocycles. The number of hydrogen-bond acceptors (Lipinski definition) is 6. The summed E-state index contributed by atoms with van der Waals surface area (Å²) in [4.78, 5) is 33.4. The van der Waals surface area contributed by atoms with Crippen LogP contribution in [0.2, 0.25) is 0 Å². The second kappa shape index (κ2) is 10.4. The van der Waals surface area contributed by atoms with Gasteiger partial charge >= 0.3 is 5.97 Å². The van der Waals surface area contributed by atoms with Gasteiger partial charge in [0.25, 0.3) is 0 Å². The quantitative estimate of drug-likeness (QED) is 0.507. The predicted octanol–water partition coefficient (Wildman–Crippen LogP) is 3.87. The van der Waals surface area contributed by atoms with E-state index in [1.165, 1.54) is 6.20 Å². The summed E-state index contributed by atoms with van der Waals surface area (Å²) in [5.74, 6) is -0.672. The molecule has 2 aromatic heterocycles. The van der Waals surface area contributed by atoms with E-state index in [9.17, 15) is 9.59 Å². The molecule has 0 aliphatic carbocycles. The van der Waals surface area contributed by atoms with E-state index < -0.39 is 11.9 Å². The van der Waals surface area contributed by atoms with Gasteiger partial charge in [-0.2, -0.15) is 0 Å². The van der Waals surface area contributed by atoms with Crippen LogP contribution < -0.4 is 11.5 Å². The Morgan fingerprint density at radius 3 is 2.30 bits per heavy atom. The molecule has 0 radical (unpaired) electrons. The van der Waals surface area contributed by atoms with Crippen LogP contribution in [-0.4, -0.2) is 21.8 Å². The van der Waals surface area contributed by atoms with Crippen LogP contribution in [0.1, 0.15) is 62.8 Å². The largest absolute Gasteiger partial charge is 0.456 e. The number of primary amides is 1. The Morgan fingerprint density at radius 1 is 1.06 bits per heavy atom. The zero-order chi connectivity index (χ0) is 24.1. The lowest BCUT2D eigenvalue weighted by Gasteiger charge is -2.20. The molecule has 0 bridgehead atoms. The topological polar surface area (TPSA) is 121 Å². The third-order valence-corrected chi connectivity index (χ3v) is 5.38. The van der Waals surface area contributed by atoms with Crippen molar-refractivity contribution in [1.82, 2.24) is 9.97 Å². The lowest BCUT2D eigenvalue weighted by molar-refractivity contribution is 0.0466. The molecular weight excluding hydrogens is 416 g/mol. The fourth-order valence-corrected chi connectivity index (χ4v) is 3.73. The summed E-state index contributed by atoms with van der Waals surface area (Å²) in [6.07, 6.45) is 2.13. The van der Waals surface area contributed by atoms with Gasteiger partial charge in [0.2, 0.25) is 5.91 Å². The highest BCUT2D eigenvalue weighted by Crippen LogP contribution is 2.33. The Hall–Kier alpha value is -3.58. The Bertz CT molecular complexity index is 1150. The van der Waals surface area contributed by atoms with Crippen molar-refractivity contribution in [1.29, 1.82) is 0 Å². The van der Waals surface area contributed by atoms with Crippen molar-refractivity contribution in [2.24, 2.45) is 17.4 Å². The van der Waals surface area contributed by atoms with E-state index in [2.05, 4.69) is 18.8 Å². The summed E-state index contributed by atoms with van der Waals surface area (Å²) in [6, 6.07) is 11.2. The van der Waals surface area contributed by atoms with Crippen LogP contribution in [0, 0.1) is 19.8 Å².